The molecule has 0 unspecified atom stereocenters. The lowest BCUT2D eigenvalue weighted by atomic mass is 10.1. The van der Waals surface area contributed by atoms with Gasteiger partial charge in [-0.1, -0.05) is 66.0 Å². The average Bonchev–Trinajstić information content (AvgIpc) is 3.28. The van der Waals surface area contributed by atoms with Crippen LogP contribution in [0.3, 0.4) is 0 Å². The van der Waals surface area contributed by atoms with E-state index in [2.05, 4.69) is 17.1 Å². The van der Waals surface area contributed by atoms with E-state index < -0.39 is 4.92 Å². The fraction of sp³-hybridized carbons (Fsp3) is 0.0769. The number of hydrazone groups is 1. The number of anilines is 1. The molecule has 0 aliphatic rings. The molecule has 0 fully saturated rings. The second-order valence-corrected chi connectivity index (χ2v) is 8.37. The Morgan fingerprint density at radius 2 is 1.79 bits per heavy atom. The summed E-state index contributed by atoms with van der Waals surface area (Å²) in [6, 6.07) is 22.1. The maximum absolute atomic E-state index is 11.0. The van der Waals surface area contributed by atoms with E-state index in [1.165, 1.54) is 23.5 Å². The molecule has 4 aromatic rings. The summed E-state index contributed by atoms with van der Waals surface area (Å²) in [5, 5.41) is 16.0. The summed E-state index contributed by atoms with van der Waals surface area (Å²) >= 11 is 1.43. The number of aryl methyl sites for hydroxylation is 1. The standard InChI is InChI=1S/C26H22N4O3S/c1-3-16-33-23-7-5-4-6-21(23)17-27-29-26-28-24(19-10-8-18(2)9-11-19)25(34-26)20-12-14-22(15-13-20)30(31)32/h3-15,17H,1,16H2,2H3,(H,28,29)/b27-17-. The highest BCUT2D eigenvalue weighted by atomic mass is 32.1. The van der Waals surface area contributed by atoms with E-state index >= 15 is 0 Å². The maximum atomic E-state index is 11.0. The van der Waals surface area contributed by atoms with Gasteiger partial charge in [-0.25, -0.2) is 4.98 Å². The number of non-ortho nitro benzene ring substituents is 1. The van der Waals surface area contributed by atoms with Crippen LogP contribution in [-0.2, 0) is 0 Å². The van der Waals surface area contributed by atoms with E-state index in [4.69, 9.17) is 9.72 Å². The summed E-state index contributed by atoms with van der Waals surface area (Å²) in [5.41, 5.74) is 7.61. The van der Waals surface area contributed by atoms with Crippen LogP contribution in [-0.4, -0.2) is 22.7 Å². The molecule has 0 aliphatic heterocycles. The lowest BCUT2D eigenvalue weighted by Crippen LogP contribution is -1.97. The van der Waals surface area contributed by atoms with E-state index in [1.807, 2.05) is 55.5 Å². The molecule has 0 saturated carbocycles. The number of hydrogen-bond acceptors (Lipinski definition) is 7. The Bertz CT molecular complexity index is 1330. The highest BCUT2D eigenvalue weighted by Gasteiger charge is 2.16. The molecular weight excluding hydrogens is 448 g/mol. The van der Waals surface area contributed by atoms with E-state index in [1.54, 1.807) is 24.4 Å². The van der Waals surface area contributed by atoms with E-state index in [9.17, 15) is 10.1 Å². The Labute approximate surface area is 201 Å². The fourth-order valence-electron chi connectivity index (χ4n) is 3.23. The Morgan fingerprint density at radius 1 is 1.09 bits per heavy atom. The van der Waals surface area contributed by atoms with Crippen molar-refractivity contribution in [3.05, 3.63) is 107 Å². The average molecular weight is 471 g/mol. The van der Waals surface area contributed by atoms with Gasteiger partial charge in [-0.2, -0.15) is 5.10 Å². The van der Waals surface area contributed by atoms with Crippen molar-refractivity contribution in [2.45, 2.75) is 6.92 Å². The van der Waals surface area contributed by atoms with Crippen LogP contribution < -0.4 is 10.2 Å². The number of nitro benzene ring substituents is 1. The molecule has 0 spiro atoms. The molecule has 3 aromatic carbocycles. The van der Waals surface area contributed by atoms with Gasteiger partial charge in [0.1, 0.15) is 12.4 Å². The smallest absolute Gasteiger partial charge is 0.269 e. The van der Waals surface area contributed by atoms with E-state index in [0.717, 1.165) is 32.8 Å². The number of aromatic nitrogens is 1. The third-order valence-corrected chi connectivity index (χ3v) is 5.94. The van der Waals surface area contributed by atoms with Gasteiger partial charge in [-0.15, -0.1) is 0 Å². The van der Waals surface area contributed by atoms with Crippen LogP contribution >= 0.6 is 11.3 Å². The lowest BCUT2D eigenvalue weighted by molar-refractivity contribution is -0.384. The minimum absolute atomic E-state index is 0.0467. The predicted octanol–water partition coefficient (Wildman–Crippen LogP) is 6.70. The molecule has 7 nitrogen and oxygen atoms in total. The van der Waals surface area contributed by atoms with Crippen molar-refractivity contribution in [1.29, 1.82) is 0 Å². The molecule has 0 saturated heterocycles. The first-order chi connectivity index (χ1) is 16.5. The topological polar surface area (TPSA) is 89.7 Å². The number of nitrogens with zero attached hydrogens (tertiary/aromatic N) is 3. The molecule has 0 amide bonds. The molecule has 0 atom stereocenters. The normalized spacial score (nSPS) is 10.9. The minimum Gasteiger partial charge on any atom is -0.489 e. The zero-order valence-corrected chi connectivity index (χ0v) is 19.3. The highest BCUT2D eigenvalue weighted by molar-refractivity contribution is 7.19. The van der Waals surface area contributed by atoms with Gasteiger partial charge in [0.25, 0.3) is 5.69 Å². The summed E-state index contributed by atoms with van der Waals surface area (Å²) in [5.74, 6) is 0.707. The summed E-state index contributed by atoms with van der Waals surface area (Å²) in [4.78, 5) is 16.3. The summed E-state index contributed by atoms with van der Waals surface area (Å²) in [6.45, 7) is 6.11. The number of ether oxygens (including phenoxy) is 1. The van der Waals surface area contributed by atoms with Crippen LogP contribution in [0.2, 0.25) is 0 Å². The van der Waals surface area contributed by atoms with Crippen LogP contribution in [0.4, 0.5) is 10.8 Å². The second-order valence-electron chi connectivity index (χ2n) is 7.37. The third-order valence-electron chi connectivity index (χ3n) is 4.93. The van der Waals surface area contributed by atoms with Crippen LogP contribution in [0.15, 0.2) is 90.6 Å². The minimum atomic E-state index is -0.407. The van der Waals surface area contributed by atoms with Crippen LogP contribution in [0.5, 0.6) is 5.75 Å². The zero-order valence-electron chi connectivity index (χ0n) is 18.5. The fourth-order valence-corrected chi connectivity index (χ4v) is 4.17. The second kappa shape index (κ2) is 10.5. The quantitative estimate of drug-likeness (QED) is 0.127. The van der Waals surface area contributed by atoms with Gasteiger partial charge >= 0.3 is 0 Å². The number of rotatable bonds is 9. The molecule has 1 N–H and O–H groups in total. The zero-order chi connectivity index (χ0) is 23.9. The summed E-state index contributed by atoms with van der Waals surface area (Å²) in [6.07, 6.45) is 3.37. The van der Waals surface area contributed by atoms with Gasteiger partial charge in [0, 0.05) is 23.3 Å². The number of benzene rings is 3. The number of nitro groups is 1. The molecule has 0 bridgehead atoms. The largest absolute Gasteiger partial charge is 0.489 e. The highest BCUT2D eigenvalue weighted by Crippen LogP contribution is 2.39. The predicted molar refractivity (Wildman–Crippen MR) is 138 cm³/mol. The number of para-hydroxylation sites is 1. The first kappa shape index (κ1) is 22.9. The number of hydrogen-bond donors (Lipinski definition) is 1. The van der Waals surface area contributed by atoms with Crippen molar-refractivity contribution in [2.75, 3.05) is 12.0 Å². The van der Waals surface area contributed by atoms with Gasteiger partial charge in [-0.05, 0) is 36.8 Å². The summed E-state index contributed by atoms with van der Waals surface area (Å²) < 4.78 is 5.67. The molecule has 170 valence electrons. The SMILES string of the molecule is C=CCOc1ccccc1/C=N\Nc1nc(-c2ccc(C)cc2)c(-c2ccc([N+](=O)[O-])cc2)s1. The first-order valence-electron chi connectivity index (χ1n) is 10.5. The Kier molecular flexibility index (Phi) is 7.10. The van der Waals surface area contributed by atoms with Crippen molar-refractivity contribution < 1.29 is 9.66 Å². The van der Waals surface area contributed by atoms with Crippen LogP contribution in [0, 0.1) is 17.0 Å². The van der Waals surface area contributed by atoms with E-state index in [-0.39, 0.29) is 5.69 Å². The number of thiazole rings is 1. The molecule has 34 heavy (non-hydrogen) atoms. The van der Waals surface area contributed by atoms with Gasteiger partial charge in [0.2, 0.25) is 5.13 Å². The Morgan fingerprint density at radius 3 is 2.50 bits per heavy atom. The van der Waals surface area contributed by atoms with E-state index in [0.29, 0.717) is 17.5 Å². The third kappa shape index (κ3) is 5.36. The van der Waals surface area contributed by atoms with Crippen LogP contribution in [0.1, 0.15) is 11.1 Å². The molecule has 1 aromatic heterocycles. The molecule has 8 heteroatoms. The molecule has 0 radical (unpaired) electrons. The molecule has 4 rings (SSSR count). The van der Waals surface area contributed by atoms with Gasteiger partial charge in [0.15, 0.2) is 0 Å². The van der Waals surface area contributed by atoms with Crippen LogP contribution in [0.25, 0.3) is 21.7 Å². The van der Waals surface area contributed by atoms with Crippen molar-refractivity contribution in [1.82, 2.24) is 4.98 Å². The Hall–Kier alpha value is -4.30. The Balaban J connectivity index is 1.64. The number of nitrogens with one attached hydrogen (secondary N) is 1. The van der Waals surface area contributed by atoms with Crippen molar-refractivity contribution in [3.8, 4) is 27.4 Å². The lowest BCUT2D eigenvalue weighted by Gasteiger charge is -2.05. The molecular formula is C26H22N4O3S. The maximum Gasteiger partial charge on any atom is 0.269 e. The van der Waals surface area contributed by atoms with Gasteiger partial charge < -0.3 is 4.74 Å². The van der Waals surface area contributed by atoms with Gasteiger partial charge in [-0.3, -0.25) is 15.5 Å². The van der Waals surface area contributed by atoms with Crippen molar-refractivity contribution in [2.24, 2.45) is 5.10 Å². The molecule has 1 heterocycles. The van der Waals surface area contributed by atoms with Gasteiger partial charge in [0.05, 0.1) is 21.7 Å². The monoisotopic (exact) mass is 470 g/mol. The van der Waals surface area contributed by atoms with Crippen molar-refractivity contribution in [3.63, 3.8) is 0 Å². The molecule has 0 aliphatic carbocycles. The van der Waals surface area contributed by atoms with Crippen molar-refractivity contribution >= 4 is 28.4 Å². The first-order valence-corrected chi connectivity index (χ1v) is 11.3. The summed E-state index contributed by atoms with van der Waals surface area (Å²) in [7, 11) is 0.